The quantitative estimate of drug-likeness (QED) is 0.821. The summed E-state index contributed by atoms with van der Waals surface area (Å²) in [7, 11) is 0. The molecular formula is C18H16N2O4S. The van der Waals surface area contributed by atoms with Crippen LogP contribution in [0.5, 0.6) is 5.75 Å². The van der Waals surface area contributed by atoms with Gasteiger partial charge in [0.2, 0.25) is 11.8 Å². The van der Waals surface area contributed by atoms with Gasteiger partial charge in [-0.05, 0) is 60.6 Å². The number of phenols is 1. The highest BCUT2D eigenvalue weighted by molar-refractivity contribution is 8.15. The Labute approximate surface area is 148 Å². The Hall–Kier alpha value is -2.80. The number of phenolic OH excluding ortho intramolecular Hbond substituents is 1. The van der Waals surface area contributed by atoms with Gasteiger partial charge < -0.3 is 10.4 Å². The van der Waals surface area contributed by atoms with Crippen LogP contribution < -0.4 is 10.2 Å². The number of thioether (sulfide) groups is 1. The minimum atomic E-state index is -0.745. The molecule has 1 aliphatic heterocycles. The van der Waals surface area contributed by atoms with E-state index in [1.54, 1.807) is 30.3 Å². The number of aromatic hydroxyl groups is 1. The summed E-state index contributed by atoms with van der Waals surface area (Å²) in [6, 6.07) is 13.1. The second-order valence-corrected chi connectivity index (χ2v) is 6.84. The van der Waals surface area contributed by atoms with Crippen molar-refractivity contribution in [3.63, 3.8) is 0 Å². The average molecular weight is 356 g/mol. The van der Waals surface area contributed by atoms with E-state index < -0.39 is 5.25 Å². The molecule has 7 heteroatoms. The van der Waals surface area contributed by atoms with Gasteiger partial charge in [-0.25, -0.2) is 4.90 Å². The lowest BCUT2D eigenvalue weighted by Gasteiger charge is -2.14. The van der Waals surface area contributed by atoms with E-state index in [1.807, 2.05) is 13.0 Å². The maximum atomic E-state index is 12.5. The van der Waals surface area contributed by atoms with Gasteiger partial charge in [0.1, 0.15) is 11.0 Å². The number of hydrogen-bond acceptors (Lipinski definition) is 5. The van der Waals surface area contributed by atoms with Gasteiger partial charge in [0, 0.05) is 12.1 Å². The van der Waals surface area contributed by atoms with Gasteiger partial charge in [-0.1, -0.05) is 12.1 Å². The van der Waals surface area contributed by atoms with E-state index >= 15 is 0 Å². The summed E-state index contributed by atoms with van der Waals surface area (Å²) in [5, 5.41) is 10.8. The molecule has 3 rings (SSSR count). The normalized spacial score (nSPS) is 17.0. The molecule has 0 spiro atoms. The molecule has 0 aromatic heterocycles. The topological polar surface area (TPSA) is 86.7 Å². The van der Waals surface area contributed by atoms with Crippen LogP contribution in [0, 0.1) is 6.92 Å². The largest absolute Gasteiger partial charge is 0.508 e. The van der Waals surface area contributed by atoms with Gasteiger partial charge in [-0.15, -0.1) is 0 Å². The Bertz CT molecular complexity index is 835. The SMILES string of the molecule is Cc1cccc(N2C(=O)SC(CC(=O)Nc3ccc(O)cc3)C2=O)c1. The molecule has 1 atom stereocenters. The molecule has 1 heterocycles. The first-order valence-electron chi connectivity index (χ1n) is 7.64. The first-order chi connectivity index (χ1) is 11.9. The number of carbonyl (C=O) groups is 3. The van der Waals surface area contributed by atoms with Crippen molar-refractivity contribution in [2.45, 2.75) is 18.6 Å². The monoisotopic (exact) mass is 356 g/mol. The number of nitrogens with zero attached hydrogens (tertiary/aromatic N) is 1. The maximum Gasteiger partial charge on any atom is 0.293 e. The van der Waals surface area contributed by atoms with Crippen LogP contribution in [-0.4, -0.2) is 27.4 Å². The molecule has 1 saturated heterocycles. The number of hydrogen-bond donors (Lipinski definition) is 2. The van der Waals surface area contributed by atoms with E-state index in [0.717, 1.165) is 22.2 Å². The van der Waals surface area contributed by atoms with Gasteiger partial charge in [0.15, 0.2) is 0 Å². The van der Waals surface area contributed by atoms with Crippen LogP contribution >= 0.6 is 11.8 Å². The second-order valence-electron chi connectivity index (χ2n) is 5.68. The Morgan fingerprint density at radius 2 is 1.92 bits per heavy atom. The van der Waals surface area contributed by atoms with E-state index in [1.165, 1.54) is 12.1 Å². The van der Waals surface area contributed by atoms with E-state index in [2.05, 4.69) is 5.32 Å². The predicted molar refractivity (Wildman–Crippen MR) is 96.8 cm³/mol. The lowest BCUT2D eigenvalue weighted by atomic mass is 10.2. The van der Waals surface area contributed by atoms with Crippen LogP contribution in [0.1, 0.15) is 12.0 Å². The predicted octanol–water partition coefficient (Wildman–Crippen LogP) is 3.30. The molecule has 0 radical (unpaired) electrons. The lowest BCUT2D eigenvalue weighted by molar-refractivity contribution is -0.121. The highest BCUT2D eigenvalue weighted by atomic mass is 32.2. The Morgan fingerprint density at radius 1 is 1.20 bits per heavy atom. The molecule has 0 aliphatic carbocycles. The second kappa shape index (κ2) is 6.98. The van der Waals surface area contributed by atoms with Crippen molar-refractivity contribution in [2.75, 3.05) is 10.2 Å². The first kappa shape index (κ1) is 17.0. The van der Waals surface area contributed by atoms with Crippen LogP contribution in [0.3, 0.4) is 0 Å². The van der Waals surface area contributed by atoms with Crippen molar-refractivity contribution in [2.24, 2.45) is 0 Å². The molecule has 6 nitrogen and oxygen atoms in total. The van der Waals surface area contributed by atoms with Gasteiger partial charge in [0.25, 0.3) is 5.24 Å². The van der Waals surface area contributed by atoms with Gasteiger partial charge in [-0.3, -0.25) is 14.4 Å². The third-order valence-corrected chi connectivity index (χ3v) is 4.74. The summed E-state index contributed by atoms with van der Waals surface area (Å²) < 4.78 is 0. The molecule has 25 heavy (non-hydrogen) atoms. The van der Waals surface area contributed by atoms with Gasteiger partial charge in [0.05, 0.1) is 5.69 Å². The Balaban J connectivity index is 1.67. The zero-order chi connectivity index (χ0) is 18.0. The van der Waals surface area contributed by atoms with Crippen molar-refractivity contribution in [3.05, 3.63) is 54.1 Å². The minimum absolute atomic E-state index is 0.0962. The number of carbonyl (C=O) groups excluding carboxylic acids is 3. The van der Waals surface area contributed by atoms with Crippen LogP contribution in [0.25, 0.3) is 0 Å². The number of nitrogens with one attached hydrogen (secondary N) is 1. The van der Waals surface area contributed by atoms with E-state index in [9.17, 15) is 19.5 Å². The summed E-state index contributed by atoms with van der Waals surface area (Å²) in [5.74, 6) is -0.657. The zero-order valence-corrected chi connectivity index (χ0v) is 14.2. The van der Waals surface area contributed by atoms with Crippen molar-refractivity contribution in [3.8, 4) is 5.75 Å². The lowest BCUT2D eigenvalue weighted by Crippen LogP contribution is -2.33. The van der Waals surface area contributed by atoms with Crippen LogP contribution in [0.15, 0.2) is 48.5 Å². The molecule has 128 valence electrons. The summed E-state index contributed by atoms with van der Waals surface area (Å²) in [4.78, 5) is 38.0. The standard InChI is InChI=1S/C18H16N2O4S/c1-11-3-2-4-13(9-11)20-17(23)15(25-18(20)24)10-16(22)19-12-5-7-14(21)8-6-12/h2-9,15,21H,10H2,1H3,(H,19,22). The zero-order valence-electron chi connectivity index (χ0n) is 13.4. The van der Waals surface area contributed by atoms with Crippen LogP contribution in [-0.2, 0) is 9.59 Å². The number of imide groups is 1. The molecule has 0 saturated carbocycles. The number of anilines is 2. The fourth-order valence-electron chi connectivity index (χ4n) is 2.51. The van der Waals surface area contributed by atoms with Crippen LogP contribution in [0.2, 0.25) is 0 Å². The van der Waals surface area contributed by atoms with Crippen LogP contribution in [0.4, 0.5) is 16.2 Å². The number of benzene rings is 2. The fourth-order valence-corrected chi connectivity index (χ4v) is 3.50. The molecule has 1 aliphatic rings. The molecule has 2 aromatic carbocycles. The summed E-state index contributed by atoms with van der Waals surface area (Å²) in [6.45, 7) is 1.88. The smallest absolute Gasteiger partial charge is 0.293 e. The van der Waals surface area contributed by atoms with E-state index in [4.69, 9.17) is 0 Å². The average Bonchev–Trinajstić information content (AvgIpc) is 2.83. The fraction of sp³-hybridized carbons (Fsp3) is 0.167. The molecule has 3 amide bonds. The number of amides is 3. The molecule has 1 unspecified atom stereocenters. The third kappa shape index (κ3) is 3.83. The Morgan fingerprint density at radius 3 is 2.60 bits per heavy atom. The molecule has 2 N–H and O–H groups in total. The molecule has 2 aromatic rings. The van der Waals surface area contributed by atoms with Crippen molar-refractivity contribution < 1.29 is 19.5 Å². The minimum Gasteiger partial charge on any atom is -0.508 e. The van der Waals surface area contributed by atoms with Crippen molar-refractivity contribution >= 4 is 40.2 Å². The summed E-state index contributed by atoms with van der Waals surface area (Å²) in [5.41, 5.74) is 1.97. The summed E-state index contributed by atoms with van der Waals surface area (Å²) >= 11 is 0.860. The van der Waals surface area contributed by atoms with Gasteiger partial charge >= 0.3 is 0 Å². The molecular weight excluding hydrogens is 340 g/mol. The highest BCUT2D eigenvalue weighted by Crippen LogP contribution is 2.33. The van der Waals surface area contributed by atoms with Crippen molar-refractivity contribution in [1.29, 1.82) is 0 Å². The molecule has 1 fully saturated rings. The van der Waals surface area contributed by atoms with E-state index in [-0.39, 0.29) is 29.2 Å². The number of rotatable bonds is 4. The first-order valence-corrected chi connectivity index (χ1v) is 8.52. The number of aryl methyl sites for hydroxylation is 1. The highest BCUT2D eigenvalue weighted by Gasteiger charge is 2.41. The maximum absolute atomic E-state index is 12.5. The van der Waals surface area contributed by atoms with Crippen molar-refractivity contribution in [1.82, 2.24) is 0 Å². The third-order valence-electron chi connectivity index (χ3n) is 3.70. The van der Waals surface area contributed by atoms with E-state index in [0.29, 0.717) is 11.4 Å². The molecule has 0 bridgehead atoms. The van der Waals surface area contributed by atoms with Gasteiger partial charge in [-0.2, -0.15) is 0 Å². The summed E-state index contributed by atoms with van der Waals surface area (Å²) in [6.07, 6.45) is -0.0988. The Kier molecular flexibility index (Phi) is 4.76.